The van der Waals surface area contributed by atoms with Crippen molar-refractivity contribution in [3.63, 3.8) is 0 Å². The van der Waals surface area contributed by atoms with Gasteiger partial charge in [-0.25, -0.2) is 0 Å². The van der Waals surface area contributed by atoms with Crippen molar-refractivity contribution in [3.8, 4) is 12.3 Å². The topological polar surface area (TPSA) is 12.0 Å². The zero-order valence-electron chi connectivity index (χ0n) is 9.50. The van der Waals surface area contributed by atoms with Gasteiger partial charge in [0.25, 0.3) is 0 Å². The summed E-state index contributed by atoms with van der Waals surface area (Å²) in [6.45, 7) is 4.82. The molecule has 0 aliphatic carbocycles. The maximum absolute atomic E-state index is 5.40. The van der Waals surface area contributed by atoms with Gasteiger partial charge in [-0.3, -0.25) is 5.32 Å². The molecule has 1 rings (SSSR count). The maximum Gasteiger partial charge on any atom is 0.0743 e. The Bertz CT molecular complexity index is 346. The molecule has 0 saturated heterocycles. The number of terminal acetylenes is 1. The van der Waals surface area contributed by atoms with E-state index in [1.165, 1.54) is 10.5 Å². The molecular formula is C13H17NS. The summed E-state index contributed by atoms with van der Waals surface area (Å²) >= 11 is 1.75. The molecule has 15 heavy (non-hydrogen) atoms. The smallest absolute Gasteiger partial charge is 0.0743 e. The van der Waals surface area contributed by atoms with E-state index >= 15 is 0 Å². The fraction of sp³-hybridized carbons (Fsp3) is 0.385. The van der Waals surface area contributed by atoms with E-state index in [4.69, 9.17) is 6.42 Å². The zero-order chi connectivity index (χ0) is 11.3. The van der Waals surface area contributed by atoms with Crippen molar-refractivity contribution in [1.29, 1.82) is 0 Å². The van der Waals surface area contributed by atoms with Crippen LogP contribution in [0.5, 0.6) is 0 Å². The summed E-state index contributed by atoms with van der Waals surface area (Å²) in [5, 5.41) is 3.32. The van der Waals surface area contributed by atoms with E-state index in [-0.39, 0.29) is 5.54 Å². The highest BCUT2D eigenvalue weighted by molar-refractivity contribution is 7.98. The summed E-state index contributed by atoms with van der Waals surface area (Å²) in [5.74, 6) is 2.72. The van der Waals surface area contributed by atoms with Crippen LogP contribution in [0.2, 0.25) is 0 Å². The highest BCUT2D eigenvalue weighted by Gasteiger charge is 2.11. The molecule has 1 nitrogen and oxygen atoms in total. The second-order valence-corrected chi connectivity index (χ2v) is 4.85. The first-order valence-electron chi connectivity index (χ1n) is 4.93. The summed E-state index contributed by atoms with van der Waals surface area (Å²) in [6, 6.07) is 8.52. The number of rotatable bonds is 4. The number of benzene rings is 1. The summed E-state index contributed by atoms with van der Waals surface area (Å²) < 4.78 is 0. The Hall–Kier alpha value is -0.910. The van der Waals surface area contributed by atoms with E-state index < -0.39 is 0 Å². The minimum Gasteiger partial charge on any atom is -0.298 e. The van der Waals surface area contributed by atoms with E-state index in [2.05, 4.69) is 41.8 Å². The molecule has 0 radical (unpaired) electrons. The Labute approximate surface area is 96.7 Å². The first-order chi connectivity index (χ1) is 7.07. The van der Waals surface area contributed by atoms with Crippen molar-refractivity contribution >= 4 is 11.8 Å². The van der Waals surface area contributed by atoms with Crippen molar-refractivity contribution in [1.82, 2.24) is 5.32 Å². The average molecular weight is 219 g/mol. The van der Waals surface area contributed by atoms with Gasteiger partial charge in [0.15, 0.2) is 0 Å². The highest BCUT2D eigenvalue weighted by Crippen LogP contribution is 2.15. The third kappa shape index (κ3) is 3.99. The second-order valence-electron chi connectivity index (χ2n) is 3.97. The molecule has 0 bridgehead atoms. The molecule has 0 amide bonds. The second kappa shape index (κ2) is 5.25. The van der Waals surface area contributed by atoms with Gasteiger partial charge in [0.2, 0.25) is 0 Å². The highest BCUT2D eigenvalue weighted by atomic mass is 32.2. The van der Waals surface area contributed by atoms with Gasteiger partial charge in [-0.15, -0.1) is 18.2 Å². The lowest BCUT2D eigenvalue weighted by molar-refractivity contribution is 0.491. The first-order valence-corrected chi connectivity index (χ1v) is 6.15. The number of thioether (sulfide) groups is 1. The normalized spacial score (nSPS) is 11.1. The maximum atomic E-state index is 5.40. The molecule has 0 spiro atoms. The van der Waals surface area contributed by atoms with Gasteiger partial charge in [-0.2, -0.15) is 0 Å². The van der Waals surface area contributed by atoms with E-state index in [1.54, 1.807) is 11.8 Å². The molecule has 0 unspecified atom stereocenters. The molecule has 0 heterocycles. The zero-order valence-corrected chi connectivity index (χ0v) is 10.3. The van der Waals surface area contributed by atoms with Crippen molar-refractivity contribution in [2.24, 2.45) is 0 Å². The fourth-order valence-electron chi connectivity index (χ4n) is 1.12. The third-order valence-electron chi connectivity index (χ3n) is 2.25. The first kappa shape index (κ1) is 12.2. The van der Waals surface area contributed by atoms with E-state index in [0.29, 0.717) is 0 Å². The minimum atomic E-state index is -0.238. The van der Waals surface area contributed by atoms with Crippen molar-refractivity contribution in [3.05, 3.63) is 29.8 Å². The Balaban J connectivity index is 2.56. The van der Waals surface area contributed by atoms with E-state index in [1.807, 2.05) is 13.8 Å². The molecule has 1 aromatic carbocycles. The van der Waals surface area contributed by atoms with Crippen LogP contribution in [0.4, 0.5) is 0 Å². The lowest BCUT2D eigenvalue weighted by Crippen LogP contribution is -2.36. The van der Waals surface area contributed by atoms with Crippen LogP contribution in [0.15, 0.2) is 29.2 Å². The molecule has 80 valence electrons. The van der Waals surface area contributed by atoms with Gasteiger partial charge in [0.05, 0.1) is 5.54 Å². The van der Waals surface area contributed by atoms with Gasteiger partial charge in [0.1, 0.15) is 0 Å². The number of hydrogen-bond donors (Lipinski definition) is 1. The van der Waals surface area contributed by atoms with Crippen LogP contribution >= 0.6 is 11.8 Å². The van der Waals surface area contributed by atoms with Crippen molar-refractivity contribution in [2.45, 2.75) is 30.8 Å². The summed E-state index contributed by atoms with van der Waals surface area (Å²) in [7, 11) is 0. The molecule has 0 fully saturated rings. The average Bonchev–Trinajstić information content (AvgIpc) is 2.27. The quantitative estimate of drug-likeness (QED) is 0.617. The Morgan fingerprint density at radius 1 is 1.33 bits per heavy atom. The predicted octanol–water partition coefficient (Wildman–Crippen LogP) is 2.91. The van der Waals surface area contributed by atoms with Crippen molar-refractivity contribution < 1.29 is 0 Å². The third-order valence-corrected chi connectivity index (χ3v) is 3.00. The SMILES string of the molecule is C#CC(C)(C)NCc1ccc(SC)cc1. The summed E-state index contributed by atoms with van der Waals surface area (Å²) in [4.78, 5) is 1.29. The van der Waals surface area contributed by atoms with Crippen LogP contribution in [-0.4, -0.2) is 11.8 Å². The minimum absolute atomic E-state index is 0.238. The summed E-state index contributed by atoms with van der Waals surface area (Å²) in [5.41, 5.74) is 1.02. The van der Waals surface area contributed by atoms with Crippen molar-refractivity contribution in [2.75, 3.05) is 6.26 Å². The van der Waals surface area contributed by atoms with Crippen LogP contribution in [0.1, 0.15) is 19.4 Å². The number of hydrogen-bond acceptors (Lipinski definition) is 2. The largest absolute Gasteiger partial charge is 0.298 e. The van der Waals surface area contributed by atoms with Gasteiger partial charge < -0.3 is 0 Å². The predicted molar refractivity (Wildman–Crippen MR) is 68.0 cm³/mol. The van der Waals surface area contributed by atoms with Crippen LogP contribution in [0.3, 0.4) is 0 Å². The monoisotopic (exact) mass is 219 g/mol. The lowest BCUT2D eigenvalue weighted by atomic mass is 10.1. The van der Waals surface area contributed by atoms with E-state index in [9.17, 15) is 0 Å². The standard InChI is InChI=1S/C13H17NS/c1-5-13(2,3)14-10-11-6-8-12(15-4)9-7-11/h1,6-9,14H,10H2,2-4H3. The molecule has 1 aromatic rings. The molecule has 0 atom stereocenters. The van der Waals surface area contributed by atoms with Crippen LogP contribution in [-0.2, 0) is 6.54 Å². The molecule has 1 N–H and O–H groups in total. The molecular weight excluding hydrogens is 202 g/mol. The van der Waals surface area contributed by atoms with Crippen LogP contribution in [0.25, 0.3) is 0 Å². The summed E-state index contributed by atoms with van der Waals surface area (Å²) in [6.07, 6.45) is 7.48. The van der Waals surface area contributed by atoms with Gasteiger partial charge in [-0.1, -0.05) is 18.1 Å². The Morgan fingerprint density at radius 2 is 1.93 bits per heavy atom. The van der Waals surface area contributed by atoms with Gasteiger partial charge >= 0.3 is 0 Å². The fourth-order valence-corrected chi connectivity index (χ4v) is 1.53. The molecule has 0 aliphatic heterocycles. The number of nitrogens with one attached hydrogen (secondary N) is 1. The Kier molecular flexibility index (Phi) is 4.26. The van der Waals surface area contributed by atoms with Crippen LogP contribution < -0.4 is 5.32 Å². The lowest BCUT2D eigenvalue weighted by Gasteiger charge is -2.19. The van der Waals surface area contributed by atoms with Crippen LogP contribution in [0, 0.1) is 12.3 Å². The molecule has 0 aromatic heterocycles. The van der Waals surface area contributed by atoms with Gasteiger partial charge in [0, 0.05) is 11.4 Å². The molecule has 2 heteroatoms. The molecule has 0 aliphatic rings. The van der Waals surface area contributed by atoms with E-state index in [0.717, 1.165) is 6.54 Å². The van der Waals surface area contributed by atoms with Gasteiger partial charge in [-0.05, 0) is 37.8 Å². The Morgan fingerprint density at radius 3 is 2.40 bits per heavy atom. The molecule has 0 saturated carbocycles.